The van der Waals surface area contributed by atoms with Crippen LogP contribution in [0.1, 0.15) is 45.4 Å². The number of aliphatic hydroxyl groups excluding tert-OH is 1. The fourth-order valence-electron chi connectivity index (χ4n) is 3.42. The summed E-state index contributed by atoms with van der Waals surface area (Å²) in [5.74, 6) is 0. The number of sulfone groups is 1. The second-order valence-corrected chi connectivity index (χ2v) is 9.28. The topological polar surface area (TPSA) is 54.4 Å². The summed E-state index contributed by atoms with van der Waals surface area (Å²) in [4.78, 5) is 0.378. The van der Waals surface area contributed by atoms with Crippen LogP contribution in [-0.2, 0) is 9.84 Å². The van der Waals surface area contributed by atoms with Crippen molar-refractivity contribution in [1.29, 1.82) is 0 Å². The average molecular weight is 346 g/mol. The summed E-state index contributed by atoms with van der Waals surface area (Å²) in [6.45, 7) is 9.62. The van der Waals surface area contributed by atoms with Crippen LogP contribution < -0.4 is 0 Å². The fourth-order valence-corrected chi connectivity index (χ4v) is 5.84. The number of hydrogen-bond donors (Lipinski definition) is 1. The van der Waals surface area contributed by atoms with Gasteiger partial charge in [0, 0.05) is 0 Å². The predicted molar refractivity (Wildman–Crippen MR) is 99.2 cm³/mol. The van der Waals surface area contributed by atoms with Crippen molar-refractivity contribution in [3.05, 3.63) is 69.7 Å². The highest BCUT2D eigenvalue weighted by Gasteiger charge is 2.40. The molecule has 1 heterocycles. The summed E-state index contributed by atoms with van der Waals surface area (Å²) in [7, 11) is -3.51. The van der Waals surface area contributed by atoms with Gasteiger partial charge in [-0.15, -0.1) is 0 Å². The highest BCUT2D eigenvalue weighted by molar-refractivity contribution is 7.96. The van der Waals surface area contributed by atoms with Gasteiger partial charge in [-0.2, -0.15) is 0 Å². The van der Waals surface area contributed by atoms with Gasteiger partial charge in [0.2, 0.25) is 0 Å². The van der Waals surface area contributed by atoms with E-state index in [0.717, 1.165) is 22.3 Å². The summed E-state index contributed by atoms with van der Waals surface area (Å²) in [6, 6.07) is 9.32. The molecule has 1 atom stereocenters. The third-order valence-electron chi connectivity index (χ3n) is 4.28. The smallest absolute Gasteiger partial charge is 0.189 e. The lowest BCUT2D eigenvalue weighted by atomic mass is 9.81. The van der Waals surface area contributed by atoms with Crippen LogP contribution >= 0.6 is 0 Å². The Hall–Kier alpha value is -1.65. The standard InChI is InChI=1S/C20H26O3S/c1-14(11-12-21)18(20(3,4)5)17-13-15(2)19(24(17,22)23)16-9-7-6-8-10-16/h6-11,13,19,21H,12H2,1-5H3/b14-11-,18-17+/t19-/m1/s1. The summed E-state index contributed by atoms with van der Waals surface area (Å²) >= 11 is 0. The second-order valence-electron chi connectivity index (χ2n) is 7.28. The third-order valence-corrected chi connectivity index (χ3v) is 6.48. The Morgan fingerprint density at radius 3 is 2.29 bits per heavy atom. The maximum absolute atomic E-state index is 13.3. The molecule has 1 aliphatic rings. The monoisotopic (exact) mass is 346 g/mol. The van der Waals surface area contributed by atoms with Crippen molar-refractivity contribution in [1.82, 2.24) is 0 Å². The largest absolute Gasteiger partial charge is 0.392 e. The lowest BCUT2D eigenvalue weighted by molar-refractivity contribution is 0.341. The van der Waals surface area contributed by atoms with Gasteiger partial charge in [-0.1, -0.05) is 57.2 Å². The van der Waals surface area contributed by atoms with Gasteiger partial charge in [0.05, 0.1) is 11.5 Å². The zero-order chi connectivity index (χ0) is 18.1. The SMILES string of the molecule is CC1=C/C(=C(/C(C)=C\CO)C(C)(C)C)S(=O)(=O)[C@H]1c1ccccc1. The van der Waals surface area contributed by atoms with Gasteiger partial charge < -0.3 is 5.11 Å². The van der Waals surface area contributed by atoms with Crippen molar-refractivity contribution in [3.8, 4) is 0 Å². The summed E-state index contributed by atoms with van der Waals surface area (Å²) in [5.41, 5.74) is 2.85. The number of aliphatic hydroxyl groups is 1. The number of allylic oxidation sites excluding steroid dienone is 3. The van der Waals surface area contributed by atoms with Crippen LogP contribution in [0.4, 0.5) is 0 Å². The summed E-state index contributed by atoms with van der Waals surface area (Å²) in [6.07, 6.45) is 3.46. The molecule has 1 N–H and O–H groups in total. The molecule has 0 radical (unpaired) electrons. The third kappa shape index (κ3) is 3.40. The molecule has 0 spiro atoms. The van der Waals surface area contributed by atoms with Crippen molar-refractivity contribution in [3.63, 3.8) is 0 Å². The lowest BCUT2D eigenvalue weighted by Crippen LogP contribution is -2.18. The van der Waals surface area contributed by atoms with Crippen molar-refractivity contribution in [2.24, 2.45) is 5.41 Å². The molecule has 4 heteroatoms. The van der Waals surface area contributed by atoms with Gasteiger partial charge in [-0.3, -0.25) is 0 Å². The van der Waals surface area contributed by atoms with Crippen LogP contribution in [0.3, 0.4) is 0 Å². The van der Waals surface area contributed by atoms with Crippen molar-refractivity contribution in [2.45, 2.75) is 39.9 Å². The molecule has 1 aliphatic heterocycles. The van der Waals surface area contributed by atoms with E-state index in [9.17, 15) is 13.5 Å². The molecular formula is C20H26O3S. The van der Waals surface area contributed by atoms with Crippen molar-refractivity contribution >= 4 is 9.84 Å². The molecule has 0 saturated heterocycles. The van der Waals surface area contributed by atoms with Crippen molar-refractivity contribution < 1.29 is 13.5 Å². The van der Waals surface area contributed by atoms with Crippen molar-refractivity contribution in [2.75, 3.05) is 6.61 Å². The van der Waals surface area contributed by atoms with Crippen LogP contribution in [-0.4, -0.2) is 20.1 Å². The van der Waals surface area contributed by atoms with Gasteiger partial charge >= 0.3 is 0 Å². The molecule has 0 aliphatic carbocycles. The number of benzene rings is 1. The van der Waals surface area contributed by atoms with E-state index in [4.69, 9.17) is 0 Å². The Morgan fingerprint density at radius 1 is 1.21 bits per heavy atom. The maximum atomic E-state index is 13.3. The minimum atomic E-state index is -3.51. The molecule has 1 aromatic carbocycles. The summed E-state index contributed by atoms with van der Waals surface area (Å²) < 4.78 is 26.6. The first-order valence-electron chi connectivity index (χ1n) is 8.10. The van der Waals surface area contributed by atoms with E-state index in [1.54, 1.807) is 12.2 Å². The number of hydrogen-bond acceptors (Lipinski definition) is 3. The summed E-state index contributed by atoms with van der Waals surface area (Å²) in [5, 5.41) is 8.61. The Morgan fingerprint density at radius 2 is 1.79 bits per heavy atom. The molecule has 0 bridgehead atoms. The zero-order valence-corrected chi connectivity index (χ0v) is 15.8. The molecule has 24 heavy (non-hydrogen) atoms. The first-order valence-corrected chi connectivity index (χ1v) is 9.65. The van der Waals surface area contributed by atoms with Gasteiger partial charge in [-0.05, 0) is 47.6 Å². The van der Waals surface area contributed by atoms with Crippen LogP contribution in [0.15, 0.2) is 64.1 Å². The Balaban J connectivity index is 2.73. The molecule has 0 aromatic heterocycles. The molecule has 0 saturated carbocycles. The van der Waals surface area contributed by atoms with E-state index in [1.807, 2.05) is 65.0 Å². The van der Waals surface area contributed by atoms with Crippen LogP contribution in [0.2, 0.25) is 0 Å². The molecular weight excluding hydrogens is 320 g/mol. The Kier molecular flexibility index (Phi) is 5.21. The Labute approximate surface area is 145 Å². The van der Waals surface area contributed by atoms with Gasteiger partial charge in [-0.25, -0.2) is 8.42 Å². The quantitative estimate of drug-likeness (QED) is 0.886. The minimum Gasteiger partial charge on any atom is -0.392 e. The lowest BCUT2D eigenvalue weighted by Gasteiger charge is -2.26. The molecule has 0 fully saturated rings. The van der Waals surface area contributed by atoms with Crippen LogP contribution in [0.5, 0.6) is 0 Å². The van der Waals surface area contributed by atoms with E-state index < -0.39 is 15.1 Å². The van der Waals surface area contributed by atoms with Crippen LogP contribution in [0.25, 0.3) is 0 Å². The number of rotatable bonds is 3. The first-order chi connectivity index (χ1) is 11.1. The molecule has 130 valence electrons. The van der Waals surface area contributed by atoms with E-state index in [0.29, 0.717) is 4.91 Å². The van der Waals surface area contributed by atoms with Crippen LogP contribution in [0, 0.1) is 5.41 Å². The van der Waals surface area contributed by atoms with Gasteiger partial charge in [0.25, 0.3) is 0 Å². The highest BCUT2D eigenvalue weighted by atomic mass is 32.2. The molecule has 2 rings (SSSR count). The predicted octanol–water partition coefficient (Wildman–Crippen LogP) is 4.34. The molecule has 3 nitrogen and oxygen atoms in total. The van der Waals surface area contributed by atoms with E-state index in [1.165, 1.54) is 0 Å². The maximum Gasteiger partial charge on any atom is 0.189 e. The zero-order valence-electron chi connectivity index (χ0n) is 15.0. The normalized spacial score (nSPS) is 23.2. The van der Waals surface area contributed by atoms with E-state index in [2.05, 4.69) is 0 Å². The highest BCUT2D eigenvalue weighted by Crippen LogP contribution is 2.46. The Bertz CT molecular complexity index is 804. The molecule has 1 aromatic rings. The fraction of sp³-hybridized carbons (Fsp3) is 0.400. The van der Waals surface area contributed by atoms with Gasteiger partial charge in [0.1, 0.15) is 5.25 Å². The molecule has 0 unspecified atom stereocenters. The molecule has 0 amide bonds. The average Bonchev–Trinajstić information content (AvgIpc) is 2.68. The van der Waals surface area contributed by atoms with Gasteiger partial charge in [0.15, 0.2) is 9.84 Å². The first kappa shape index (κ1) is 18.7. The van der Waals surface area contributed by atoms with E-state index in [-0.39, 0.29) is 12.0 Å². The van der Waals surface area contributed by atoms with E-state index >= 15 is 0 Å². The second kappa shape index (κ2) is 6.69. The minimum absolute atomic E-state index is 0.108.